The van der Waals surface area contributed by atoms with Gasteiger partial charge in [-0.15, -0.1) is 0 Å². The third-order valence-electron chi connectivity index (χ3n) is 5.18. The van der Waals surface area contributed by atoms with Crippen molar-refractivity contribution < 1.29 is 18.4 Å². The van der Waals surface area contributed by atoms with Crippen molar-refractivity contribution in [1.82, 2.24) is 14.9 Å². The number of hydrogen-bond acceptors (Lipinski definition) is 6. The fourth-order valence-corrected chi connectivity index (χ4v) is 3.50. The largest absolute Gasteiger partial charge is 0.497 e. The summed E-state index contributed by atoms with van der Waals surface area (Å²) in [4.78, 5) is 26.1. The summed E-state index contributed by atoms with van der Waals surface area (Å²) in [5, 5.41) is 11.7. The van der Waals surface area contributed by atoms with Gasteiger partial charge in [0.05, 0.1) is 12.5 Å². The van der Waals surface area contributed by atoms with Crippen LogP contribution in [0.2, 0.25) is 0 Å². The van der Waals surface area contributed by atoms with Crippen molar-refractivity contribution in [1.29, 1.82) is 0 Å². The molecule has 0 unspecified atom stereocenters. The number of carbonyl (C=O) groups is 1. The van der Waals surface area contributed by atoms with Crippen molar-refractivity contribution in [3.63, 3.8) is 0 Å². The lowest BCUT2D eigenvalue weighted by atomic mass is 10.1. The van der Waals surface area contributed by atoms with Crippen molar-refractivity contribution in [3.8, 4) is 17.0 Å². The van der Waals surface area contributed by atoms with Crippen LogP contribution in [0, 0.1) is 12.7 Å². The van der Waals surface area contributed by atoms with Crippen LogP contribution < -0.4 is 15.6 Å². The highest BCUT2D eigenvalue weighted by atomic mass is 19.1. The quantitative estimate of drug-likeness (QED) is 0.489. The standard InChI is InChI=1S/C23H21FN4O4/c1-4-18(22(29)25-16-9-7-15(24)8-10-16)28-23(30)21-19(13(2)32-27-21)20(26-28)14-5-11-17(31-3)12-6-14/h5-12,18H,4H2,1-3H3,(H,25,29)/t18-/m0/s1. The van der Waals surface area contributed by atoms with Gasteiger partial charge in [-0.05, 0) is 61.9 Å². The summed E-state index contributed by atoms with van der Waals surface area (Å²) in [6.45, 7) is 3.47. The summed E-state index contributed by atoms with van der Waals surface area (Å²) < 4.78 is 24.8. The first-order chi connectivity index (χ1) is 15.4. The lowest BCUT2D eigenvalue weighted by Gasteiger charge is -2.18. The molecule has 2 aromatic heterocycles. The van der Waals surface area contributed by atoms with Gasteiger partial charge in [0, 0.05) is 11.3 Å². The number of anilines is 1. The Bertz CT molecular complexity index is 1330. The fraction of sp³-hybridized carbons (Fsp3) is 0.217. The van der Waals surface area contributed by atoms with Crippen LogP contribution in [0.4, 0.5) is 10.1 Å². The molecule has 0 fully saturated rings. The Kier molecular flexibility index (Phi) is 5.72. The van der Waals surface area contributed by atoms with Crippen LogP contribution in [0.1, 0.15) is 25.1 Å². The molecule has 0 aliphatic carbocycles. The van der Waals surface area contributed by atoms with Gasteiger partial charge in [-0.25, -0.2) is 9.07 Å². The van der Waals surface area contributed by atoms with E-state index in [0.717, 1.165) is 4.68 Å². The average Bonchev–Trinajstić information content (AvgIpc) is 3.19. The third-order valence-corrected chi connectivity index (χ3v) is 5.18. The predicted octanol–water partition coefficient (Wildman–Crippen LogP) is 4.10. The number of rotatable bonds is 6. The number of amides is 1. The number of fused-ring (bicyclic) bond motifs is 1. The van der Waals surface area contributed by atoms with Gasteiger partial charge in [-0.1, -0.05) is 12.1 Å². The zero-order valence-corrected chi connectivity index (χ0v) is 17.8. The molecule has 1 atom stereocenters. The van der Waals surface area contributed by atoms with E-state index >= 15 is 0 Å². The van der Waals surface area contributed by atoms with Crippen LogP contribution in [0.3, 0.4) is 0 Å². The molecule has 0 aliphatic heterocycles. The molecule has 4 rings (SSSR count). The van der Waals surface area contributed by atoms with E-state index in [1.807, 2.05) is 0 Å². The number of halogens is 1. The van der Waals surface area contributed by atoms with E-state index in [9.17, 15) is 14.0 Å². The minimum Gasteiger partial charge on any atom is -0.497 e. The van der Waals surface area contributed by atoms with Crippen LogP contribution in [-0.2, 0) is 4.79 Å². The van der Waals surface area contributed by atoms with Crippen molar-refractivity contribution >= 4 is 22.5 Å². The van der Waals surface area contributed by atoms with E-state index in [0.29, 0.717) is 40.3 Å². The number of hydrogen-bond donors (Lipinski definition) is 1. The van der Waals surface area contributed by atoms with E-state index in [1.54, 1.807) is 45.2 Å². The maximum Gasteiger partial charge on any atom is 0.297 e. The first-order valence-corrected chi connectivity index (χ1v) is 10.0. The molecule has 1 amide bonds. The Labute approximate surface area is 182 Å². The second kappa shape index (κ2) is 8.62. The van der Waals surface area contributed by atoms with E-state index in [1.165, 1.54) is 24.3 Å². The molecule has 0 bridgehead atoms. The normalized spacial score (nSPS) is 12.0. The molecule has 2 aromatic carbocycles. The van der Waals surface area contributed by atoms with Crippen LogP contribution >= 0.6 is 0 Å². The summed E-state index contributed by atoms with van der Waals surface area (Å²) in [5.41, 5.74) is 1.15. The van der Waals surface area contributed by atoms with Gasteiger partial charge in [0.2, 0.25) is 5.91 Å². The van der Waals surface area contributed by atoms with Gasteiger partial charge in [-0.3, -0.25) is 9.59 Å². The molecule has 0 aliphatic rings. The molecule has 32 heavy (non-hydrogen) atoms. The fourth-order valence-electron chi connectivity index (χ4n) is 3.50. The van der Waals surface area contributed by atoms with E-state index in [4.69, 9.17) is 9.26 Å². The minimum atomic E-state index is -0.911. The van der Waals surface area contributed by atoms with Crippen molar-refractivity contribution in [2.24, 2.45) is 0 Å². The lowest BCUT2D eigenvalue weighted by Crippen LogP contribution is -2.35. The van der Waals surface area contributed by atoms with E-state index < -0.39 is 23.3 Å². The second-order valence-corrected chi connectivity index (χ2v) is 7.21. The Morgan fingerprint density at radius 1 is 1.19 bits per heavy atom. The Morgan fingerprint density at radius 2 is 1.88 bits per heavy atom. The second-order valence-electron chi connectivity index (χ2n) is 7.21. The zero-order valence-electron chi connectivity index (χ0n) is 17.8. The monoisotopic (exact) mass is 436 g/mol. The summed E-state index contributed by atoms with van der Waals surface area (Å²) in [5.74, 6) is 0.259. The van der Waals surface area contributed by atoms with Gasteiger partial charge in [0.25, 0.3) is 5.56 Å². The number of aryl methyl sites for hydroxylation is 1. The number of aromatic nitrogens is 3. The van der Waals surface area contributed by atoms with Crippen LogP contribution in [0.25, 0.3) is 22.2 Å². The number of nitrogens with one attached hydrogen (secondary N) is 1. The summed E-state index contributed by atoms with van der Waals surface area (Å²) >= 11 is 0. The van der Waals surface area contributed by atoms with Crippen molar-refractivity contribution in [2.45, 2.75) is 26.3 Å². The topological polar surface area (TPSA) is 99.2 Å². The highest BCUT2D eigenvalue weighted by molar-refractivity contribution is 5.95. The van der Waals surface area contributed by atoms with Crippen LogP contribution in [0.15, 0.2) is 57.8 Å². The van der Waals surface area contributed by atoms with E-state index in [2.05, 4.69) is 15.6 Å². The van der Waals surface area contributed by atoms with Crippen molar-refractivity contribution in [3.05, 3.63) is 70.5 Å². The summed E-state index contributed by atoms with van der Waals surface area (Å²) in [6.07, 6.45) is 0.296. The molecule has 0 saturated carbocycles. The molecule has 0 saturated heterocycles. The number of nitrogens with zero attached hydrogens (tertiary/aromatic N) is 3. The molecule has 9 heteroatoms. The Morgan fingerprint density at radius 3 is 2.50 bits per heavy atom. The lowest BCUT2D eigenvalue weighted by molar-refractivity contribution is -0.119. The first kappa shape index (κ1) is 21.2. The molecule has 8 nitrogen and oxygen atoms in total. The molecule has 0 spiro atoms. The maximum absolute atomic E-state index is 13.2. The molecule has 0 radical (unpaired) electrons. The first-order valence-electron chi connectivity index (χ1n) is 10.0. The van der Waals surface area contributed by atoms with Gasteiger partial charge in [0.1, 0.15) is 29.1 Å². The van der Waals surface area contributed by atoms with Gasteiger partial charge in [-0.2, -0.15) is 5.10 Å². The average molecular weight is 436 g/mol. The van der Waals surface area contributed by atoms with Crippen molar-refractivity contribution in [2.75, 3.05) is 12.4 Å². The molecule has 2 heterocycles. The zero-order chi connectivity index (χ0) is 22.8. The third kappa shape index (κ3) is 3.84. The predicted molar refractivity (Wildman–Crippen MR) is 117 cm³/mol. The molecule has 4 aromatic rings. The SMILES string of the molecule is CC[C@@H](C(=O)Nc1ccc(F)cc1)n1nc(-c2ccc(OC)cc2)c2c(C)onc2c1=O. The van der Waals surface area contributed by atoms with Gasteiger partial charge >= 0.3 is 0 Å². The number of methoxy groups -OCH3 is 1. The Hall–Kier alpha value is -4.01. The maximum atomic E-state index is 13.2. The number of benzene rings is 2. The number of carbonyl (C=O) groups excluding carboxylic acids is 1. The van der Waals surface area contributed by atoms with E-state index in [-0.39, 0.29) is 5.52 Å². The number of ether oxygens (including phenoxy) is 1. The summed E-state index contributed by atoms with van der Waals surface area (Å²) in [7, 11) is 1.57. The highest BCUT2D eigenvalue weighted by Gasteiger charge is 2.26. The van der Waals surface area contributed by atoms with Crippen LogP contribution in [-0.4, -0.2) is 28.0 Å². The minimum absolute atomic E-state index is 0.0938. The molecular formula is C23H21FN4O4. The summed E-state index contributed by atoms with van der Waals surface area (Å²) in [6, 6.07) is 11.6. The van der Waals surface area contributed by atoms with Crippen LogP contribution in [0.5, 0.6) is 5.75 Å². The smallest absolute Gasteiger partial charge is 0.297 e. The molecule has 164 valence electrons. The molecule has 1 N–H and O–H groups in total. The highest BCUT2D eigenvalue weighted by Crippen LogP contribution is 2.29. The Balaban J connectivity index is 1.81. The van der Waals surface area contributed by atoms with Gasteiger partial charge < -0.3 is 14.6 Å². The molecular weight excluding hydrogens is 415 g/mol. The van der Waals surface area contributed by atoms with Gasteiger partial charge in [0.15, 0.2) is 5.52 Å².